The predicted octanol–water partition coefficient (Wildman–Crippen LogP) is -1.56. The van der Waals surface area contributed by atoms with Gasteiger partial charge in [0, 0.05) is 13.0 Å². The van der Waals surface area contributed by atoms with Gasteiger partial charge in [-0.3, -0.25) is 0 Å². The predicted molar refractivity (Wildman–Crippen MR) is 100 cm³/mol. The van der Waals surface area contributed by atoms with Crippen LogP contribution in [0.4, 0.5) is 0 Å². The summed E-state index contributed by atoms with van der Waals surface area (Å²) in [4.78, 5) is 0. The highest BCUT2D eigenvalue weighted by molar-refractivity contribution is 5.30. The summed E-state index contributed by atoms with van der Waals surface area (Å²) in [5, 5.41) is 58.3. The molecule has 1 heterocycles. The van der Waals surface area contributed by atoms with E-state index in [2.05, 4.69) is 23.7 Å². The SMILES string of the molecule is CC=CC#CC#CCC(O)C(C=CCCO)OC1OC(CO)C(O)C(O)C1O. The summed E-state index contributed by atoms with van der Waals surface area (Å²) in [5.74, 6) is 10.6. The normalized spacial score (nSPS) is 29.8. The van der Waals surface area contributed by atoms with Gasteiger partial charge in [-0.15, -0.1) is 0 Å². The summed E-state index contributed by atoms with van der Waals surface area (Å²) in [5.41, 5.74) is 0. The molecular formula is C20H28O8. The summed E-state index contributed by atoms with van der Waals surface area (Å²) >= 11 is 0. The van der Waals surface area contributed by atoms with Gasteiger partial charge >= 0.3 is 0 Å². The molecule has 1 fully saturated rings. The first-order valence-corrected chi connectivity index (χ1v) is 8.97. The quantitative estimate of drug-likeness (QED) is 0.214. The van der Waals surface area contributed by atoms with Crippen molar-refractivity contribution < 1.29 is 40.1 Å². The lowest BCUT2D eigenvalue weighted by molar-refractivity contribution is -0.312. The second-order valence-corrected chi connectivity index (χ2v) is 6.08. The molecule has 7 atom stereocenters. The fourth-order valence-corrected chi connectivity index (χ4v) is 2.38. The van der Waals surface area contributed by atoms with Gasteiger partial charge in [-0.2, -0.15) is 0 Å². The summed E-state index contributed by atoms with van der Waals surface area (Å²) in [6, 6.07) is 0. The molecule has 8 nitrogen and oxygen atoms in total. The highest BCUT2D eigenvalue weighted by Crippen LogP contribution is 2.24. The van der Waals surface area contributed by atoms with Gasteiger partial charge < -0.3 is 40.1 Å². The Labute approximate surface area is 164 Å². The number of allylic oxidation sites excluding steroid dienone is 2. The molecule has 0 aromatic carbocycles. The molecule has 28 heavy (non-hydrogen) atoms. The van der Waals surface area contributed by atoms with Crippen LogP contribution in [0, 0.1) is 23.7 Å². The molecule has 0 spiro atoms. The molecule has 0 aromatic rings. The molecule has 1 aliphatic heterocycles. The minimum atomic E-state index is -1.59. The van der Waals surface area contributed by atoms with Crippen molar-refractivity contribution in [2.24, 2.45) is 0 Å². The van der Waals surface area contributed by atoms with E-state index in [1.165, 1.54) is 6.08 Å². The summed E-state index contributed by atoms with van der Waals surface area (Å²) < 4.78 is 10.9. The Morgan fingerprint density at radius 1 is 1.11 bits per heavy atom. The second kappa shape index (κ2) is 13.5. The number of hydrogen-bond acceptors (Lipinski definition) is 8. The van der Waals surface area contributed by atoms with Crippen molar-refractivity contribution >= 4 is 0 Å². The van der Waals surface area contributed by atoms with Crippen molar-refractivity contribution in [1.82, 2.24) is 0 Å². The van der Waals surface area contributed by atoms with E-state index in [1.807, 2.05) is 6.92 Å². The first kappa shape index (κ1) is 24.3. The van der Waals surface area contributed by atoms with E-state index >= 15 is 0 Å². The zero-order valence-electron chi connectivity index (χ0n) is 15.7. The molecule has 6 N–H and O–H groups in total. The van der Waals surface area contributed by atoms with Crippen molar-refractivity contribution in [3.05, 3.63) is 24.3 Å². The van der Waals surface area contributed by atoms with E-state index in [1.54, 1.807) is 18.2 Å². The van der Waals surface area contributed by atoms with Gasteiger partial charge in [-0.1, -0.05) is 30.1 Å². The minimum absolute atomic E-state index is 0.00999. The minimum Gasteiger partial charge on any atom is -0.396 e. The van der Waals surface area contributed by atoms with Crippen LogP contribution in [-0.2, 0) is 9.47 Å². The van der Waals surface area contributed by atoms with Crippen LogP contribution in [0.5, 0.6) is 0 Å². The van der Waals surface area contributed by atoms with E-state index < -0.39 is 49.5 Å². The van der Waals surface area contributed by atoms with Crippen LogP contribution >= 0.6 is 0 Å². The van der Waals surface area contributed by atoms with Crippen molar-refractivity contribution in [2.75, 3.05) is 13.2 Å². The molecule has 156 valence electrons. The third kappa shape index (κ3) is 7.72. The second-order valence-electron chi connectivity index (χ2n) is 6.08. The van der Waals surface area contributed by atoms with Crippen LogP contribution in [0.25, 0.3) is 0 Å². The average molecular weight is 396 g/mol. The summed E-state index contributed by atoms with van der Waals surface area (Å²) in [7, 11) is 0. The van der Waals surface area contributed by atoms with Crippen LogP contribution < -0.4 is 0 Å². The van der Waals surface area contributed by atoms with E-state index in [9.17, 15) is 25.5 Å². The molecular weight excluding hydrogens is 368 g/mol. The lowest BCUT2D eigenvalue weighted by Gasteiger charge is -2.41. The van der Waals surface area contributed by atoms with Crippen molar-refractivity contribution in [2.45, 2.75) is 62.7 Å². The van der Waals surface area contributed by atoms with Gasteiger partial charge in [0.1, 0.15) is 30.5 Å². The number of hydrogen-bond donors (Lipinski definition) is 6. The third-order valence-corrected chi connectivity index (χ3v) is 3.92. The van der Waals surface area contributed by atoms with E-state index in [0.717, 1.165) is 0 Å². The van der Waals surface area contributed by atoms with Gasteiger partial charge in [0.05, 0.1) is 12.7 Å². The standard InChI is InChI=1S/C20H28O8/c1-2-3-4-5-6-7-10-14(23)15(11-8-9-12-21)27-20-19(26)18(25)17(24)16(13-22)28-20/h2-3,8,11,14-26H,9-10,12-13H2,1H3. The van der Waals surface area contributed by atoms with E-state index in [4.69, 9.17) is 14.6 Å². The fourth-order valence-electron chi connectivity index (χ4n) is 2.38. The Balaban J connectivity index is 2.84. The average Bonchev–Trinajstić information content (AvgIpc) is 2.69. The van der Waals surface area contributed by atoms with Gasteiger partial charge in [-0.25, -0.2) is 0 Å². The Morgan fingerprint density at radius 2 is 1.86 bits per heavy atom. The lowest BCUT2D eigenvalue weighted by Crippen LogP contribution is -2.60. The number of aliphatic hydroxyl groups is 6. The van der Waals surface area contributed by atoms with E-state index in [0.29, 0.717) is 6.42 Å². The highest BCUT2D eigenvalue weighted by Gasteiger charge is 2.45. The molecule has 1 aliphatic rings. The maximum Gasteiger partial charge on any atom is 0.187 e. The third-order valence-electron chi connectivity index (χ3n) is 3.92. The molecule has 1 saturated heterocycles. The Hall–Kier alpha value is -1.72. The summed E-state index contributed by atoms with van der Waals surface area (Å²) in [6.45, 7) is 1.14. The molecule has 0 bridgehead atoms. The van der Waals surface area contributed by atoms with Crippen LogP contribution in [0.15, 0.2) is 24.3 Å². The van der Waals surface area contributed by atoms with Crippen LogP contribution in [0.1, 0.15) is 19.8 Å². The first-order chi connectivity index (χ1) is 13.5. The zero-order chi connectivity index (χ0) is 20.9. The Morgan fingerprint density at radius 3 is 2.50 bits per heavy atom. The van der Waals surface area contributed by atoms with Crippen molar-refractivity contribution in [3.8, 4) is 23.7 Å². The largest absolute Gasteiger partial charge is 0.396 e. The molecule has 0 amide bonds. The molecule has 7 unspecified atom stereocenters. The van der Waals surface area contributed by atoms with Crippen LogP contribution in [0.2, 0.25) is 0 Å². The van der Waals surface area contributed by atoms with Crippen LogP contribution in [0.3, 0.4) is 0 Å². The summed E-state index contributed by atoms with van der Waals surface area (Å²) in [6.07, 6.45) is -2.49. The fraction of sp³-hybridized carbons (Fsp3) is 0.600. The van der Waals surface area contributed by atoms with E-state index in [-0.39, 0.29) is 13.0 Å². The van der Waals surface area contributed by atoms with Gasteiger partial charge in [0.2, 0.25) is 0 Å². The number of aliphatic hydroxyl groups excluding tert-OH is 6. The molecule has 0 saturated carbocycles. The van der Waals surface area contributed by atoms with Crippen LogP contribution in [-0.4, -0.2) is 86.8 Å². The van der Waals surface area contributed by atoms with Gasteiger partial charge in [0.15, 0.2) is 6.29 Å². The smallest absolute Gasteiger partial charge is 0.187 e. The first-order valence-electron chi connectivity index (χ1n) is 8.97. The number of rotatable bonds is 8. The monoisotopic (exact) mass is 396 g/mol. The topological polar surface area (TPSA) is 140 Å². The van der Waals surface area contributed by atoms with Crippen molar-refractivity contribution in [1.29, 1.82) is 0 Å². The Bertz CT molecular complexity index is 622. The molecule has 0 aromatic heterocycles. The maximum atomic E-state index is 10.4. The number of ether oxygens (including phenoxy) is 2. The molecule has 0 radical (unpaired) electrons. The van der Waals surface area contributed by atoms with Gasteiger partial charge in [-0.05, 0) is 31.3 Å². The molecule has 1 rings (SSSR count). The maximum absolute atomic E-state index is 10.4. The lowest BCUT2D eigenvalue weighted by atomic mass is 9.99. The highest BCUT2D eigenvalue weighted by atomic mass is 16.7. The molecule has 0 aliphatic carbocycles. The zero-order valence-corrected chi connectivity index (χ0v) is 15.7. The van der Waals surface area contributed by atoms with Crippen molar-refractivity contribution in [3.63, 3.8) is 0 Å². The molecule has 8 heteroatoms. The van der Waals surface area contributed by atoms with Gasteiger partial charge in [0.25, 0.3) is 0 Å². The Kier molecular flexibility index (Phi) is 11.7.